The highest BCUT2D eigenvalue weighted by atomic mass is 19.4. The number of nitrogens with zero attached hydrogens (tertiary/aromatic N) is 2. The minimum atomic E-state index is -5.08. The summed E-state index contributed by atoms with van der Waals surface area (Å²) in [7, 11) is 0. The monoisotopic (exact) mass is 651 g/mol. The maximum atomic E-state index is 13.7. The normalized spacial score (nSPS) is 13.1. The van der Waals surface area contributed by atoms with Crippen molar-refractivity contribution >= 4 is 35.5 Å². The van der Waals surface area contributed by atoms with Crippen molar-refractivity contribution in [2.45, 2.75) is 64.2 Å². The lowest BCUT2D eigenvalue weighted by atomic mass is 9.84. The summed E-state index contributed by atoms with van der Waals surface area (Å²) in [6.07, 6.45) is -0.882. The van der Waals surface area contributed by atoms with Crippen LogP contribution in [0, 0.1) is 10.8 Å². The minimum Gasteiger partial charge on any atom is -0.475 e. The molecule has 3 atom stereocenters. The molecule has 0 saturated heterocycles. The molecule has 252 valence electrons. The second kappa shape index (κ2) is 17.3. The number of pyridine rings is 1. The molecule has 0 bridgehead atoms. The number of amidine groups is 1. The maximum Gasteiger partial charge on any atom is 0.490 e. The molecule has 1 heterocycles. The molecule has 1 unspecified atom stereocenters. The summed E-state index contributed by atoms with van der Waals surface area (Å²) in [6.45, 7) is 5.72. The third kappa shape index (κ3) is 13.6. The number of aliphatic imine (C=N–C) groups is 1. The second-order valence-electron chi connectivity index (χ2n) is 11.2. The average Bonchev–Trinajstić information content (AvgIpc) is 2.95. The summed E-state index contributed by atoms with van der Waals surface area (Å²) in [6, 6.07) is 8.67. The molecule has 0 spiro atoms. The number of carboxylic acids is 1. The second-order valence-corrected chi connectivity index (χ2v) is 11.2. The molecule has 2 aromatic rings. The fourth-order valence-electron chi connectivity index (χ4n) is 3.96. The van der Waals surface area contributed by atoms with Crippen molar-refractivity contribution in [1.82, 2.24) is 15.6 Å². The Morgan fingerprint density at radius 3 is 2.00 bits per heavy atom. The van der Waals surface area contributed by atoms with Gasteiger partial charge in [-0.15, -0.1) is 0 Å². The number of primary amides is 1. The van der Waals surface area contributed by atoms with Gasteiger partial charge in [-0.2, -0.15) is 13.2 Å². The molecule has 14 nitrogen and oxygen atoms in total. The fourth-order valence-corrected chi connectivity index (χ4v) is 3.96. The number of nitrogens with two attached hydrogens (primary N) is 4. The zero-order chi connectivity index (χ0) is 35.2. The molecule has 46 heavy (non-hydrogen) atoms. The first-order chi connectivity index (χ1) is 21.2. The molecule has 2 rings (SSSR count). The molecule has 17 heteroatoms. The van der Waals surface area contributed by atoms with Crippen molar-refractivity contribution < 1.29 is 37.5 Å². The molecule has 0 fully saturated rings. The van der Waals surface area contributed by atoms with Gasteiger partial charge >= 0.3 is 12.1 Å². The Morgan fingerprint density at radius 2 is 1.57 bits per heavy atom. The number of carbonyl (C=O) groups excluding carboxylic acids is 3. The molecule has 0 aliphatic heterocycles. The summed E-state index contributed by atoms with van der Waals surface area (Å²) < 4.78 is 31.7. The van der Waals surface area contributed by atoms with E-state index in [1.807, 2.05) is 20.8 Å². The third-order valence-corrected chi connectivity index (χ3v) is 6.37. The highest BCUT2D eigenvalue weighted by Gasteiger charge is 2.38. The number of amides is 3. The molecule has 0 radical (unpaired) electrons. The Hall–Kier alpha value is -5.22. The number of carbonyl (C=O) groups is 4. The van der Waals surface area contributed by atoms with Crippen LogP contribution in [-0.4, -0.2) is 70.4 Å². The van der Waals surface area contributed by atoms with Crippen molar-refractivity contribution in [2.75, 3.05) is 6.54 Å². The summed E-state index contributed by atoms with van der Waals surface area (Å²) in [4.78, 5) is 56.0. The van der Waals surface area contributed by atoms with Crippen LogP contribution in [0.25, 0.3) is 0 Å². The van der Waals surface area contributed by atoms with Crippen molar-refractivity contribution in [3.05, 3.63) is 65.5 Å². The first-order valence-electron chi connectivity index (χ1n) is 13.8. The highest BCUT2D eigenvalue weighted by molar-refractivity contribution is 5.95. The summed E-state index contributed by atoms with van der Waals surface area (Å²) in [5.41, 5.74) is 23.1. The topological polar surface area (TPSA) is 266 Å². The Balaban J connectivity index is 0.00000135. The van der Waals surface area contributed by atoms with Crippen LogP contribution < -0.4 is 33.6 Å². The first kappa shape index (κ1) is 38.8. The van der Waals surface area contributed by atoms with E-state index in [2.05, 4.69) is 20.6 Å². The van der Waals surface area contributed by atoms with Gasteiger partial charge < -0.3 is 38.7 Å². The molecular weight excluding hydrogens is 611 g/mol. The Bertz CT molecular complexity index is 1380. The average molecular weight is 652 g/mol. The minimum absolute atomic E-state index is 0.0485. The number of benzene rings is 1. The molecule has 12 N–H and O–H groups in total. The number of carboxylic acid groups (broad SMARTS) is 1. The van der Waals surface area contributed by atoms with Crippen molar-refractivity contribution in [2.24, 2.45) is 33.3 Å². The lowest BCUT2D eigenvalue weighted by Gasteiger charge is -2.33. The van der Waals surface area contributed by atoms with Crippen LogP contribution in [0.1, 0.15) is 56.2 Å². The van der Waals surface area contributed by atoms with E-state index in [0.29, 0.717) is 24.0 Å². The Labute approximate surface area is 263 Å². The Morgan fingerprint density at radius 1 is 0.978 bits per heavy atom. The predicted molar refractivity (Wildman–Crippen MR) is 164 cm³/mol. The lowest BCUT2D eigenvalue weighted by Crippen LogP contribution is -2.58. The number of aromatic nitrogens is 1. The summed E-state index contributed by atoms with van der Waals surface area (Å²) in [5.74, 6) is -5.14. The number of alkyl halides is 3. The zero-order valence-electron chi connectivity index (χ0n) is 25.6. The fraction of sp³-hybridized carbons (Fsp3) is 0.414. The van der Waals surface area contributed by atoms with Gasteiger partial charge in [0.1, 0.15) is 17.9 Å². The van der Waals surface area contributed by atoms with Gasteiger partial charge in [0.15, 0.2) is 5.96 Å². The number of guanidine groups is 1. The summed E-state index contributed by atoms with van der Waals surface area (Å²) in [5, 5.41) is 20.3. The first-order valence-corrected chi connectivity index (χ1v) is 13.8. The van der Waals surface area contributed by atoms with Gasteiger partial charge in [0.2, 0.25) is 17.7 Å². The van der Waals surface area contributed by atoms with Crippen LogP contribution in [0.5, 0.6) is 0 Å². The van der Waals surface area contributed by atoms with Crippen molar-refractivity contribution in [3.63, 3.8) is 0 Å². The number of hydrogen-bond acceptors (Lipinski definition) is 7. The molecule has 1 aromatic heterocycles. The molecular formula is C29H40F3N9O5. The number of nitrogens with one attached hydrogen (secondary N) is 3. The standard InChI is InChI=1S/C27H39N9O3.C2HF3O2/c1-27(2,3)21(25(39)35-20(23(30)37)7-5-13-34-26(31)32)36-24(38)19(18-6-4-12-33-15-18)14-16-8-10-17(11-9-16)22(28)29;3-2(4,5)1(6)7/h4,6,8-12,15,19-21H,5,7,13-14H2,1-3H3,(H3,28,29)(H2,30,37)(H,35,39)(H,36,38)(H4,31,32,34);(H,6,7)/t19?,20-,21+;/m0./s1. The van der Waals surface area contributed by atoms with E-state index in [4.69, 9.17) is 38.2 Å². The number of halogens is 3. The highest BCUT2D eigenvalue weighted by Crippen LogP contribution is 2.25. The molecule has 0 aliphatic carbocycles. The van der Waals surface area contributed by atoms with Gasteiger partial charge in [-0.05, 0) is 41.9 Å². The van der Waals surface area contributed by atoms with E-state index in [9.17, 15) is 27.6 Å². The van der Waals surface area contributed by atoms with Crippen LogP contribution in [0.4, 0.5) is 13.2 Å². The van der Waals surface area contributed by atoms with E-state index >= 15 is 0 Å². The van der Waals surface area contributed by atoms with Crippen LogP contribution in [0.2, 0.25) is 0 Å². The van der Waals surface area contributed by atoms with E-state index in [-0.39, 0.29) is 30.7 Å². The van der Waals surface area contributed by atoms with Gasteiger partial charge in [0, 0.05) is 24.5 Å². The predicted octanol–water partition coefficient (Wildman–Crippen LogP) is 0.880. The lowest BCUT2D eigenvalue weighted by molar-refractivity contribution is -0.192. The maximum absolute atomic E-state index is 13.7. The van der Waals surface area contributed by atoms with E-state index < -0.39 is 47.4 Å². The van der Waals surface area contributed by atoms with E-state index in [0.717, 1.165) is 5.56 Å². The smallest absolute Gasteiger partial charge is 0.475 e. The van der Waals surface area contributed by atoms with Crippen LogP contribution >= 0.6 is 0 Å². The van der Waals surface area contributed by atoms with Crippen LogP contribution in [0.15, 0.2) is 53.8 Å². The molecule has 3 amide bonds. The third-order valence-electron chi connectivity index (χ3n) is 6.37. The van der Waals surface area contributed by atoms with Crippen molar-refractivity contribution in [3.8, 4) is 0 Å². The van der Waals surface area contributed by atoms with E-state index in [1.165, 1.54) is 0 Å². The number of aliphatic carboxylic acids is 1. The van der Waals surface area contributed by atoms with E-state index in [1.54, 1.807) is 48.8 Å². The molecule has 0 saturated carbocycles. The van der Waals surface area contributed by atoms with Crippen molar-refractivity contribution in [1.29, 1.82) is 5.41 Å². The molecule has 1 aromatic carbocycles. The number of rotatable bonds is 13. The Kier molecular flexibility index (Phi) is 14.6. The number of hydrogen-bond donors (Lipinski definition) is 8. The van der Waals surface area contributed by atoms with Crippen LogP contribution in [-0.2, 0) is 25.6 Å². The molecule has 0 aliphatic rings. The van der Waals surface area contributed by atoms with Gasteiger partial charge in [0.05, 0.1) is 5.92 Å². The van der Waals surface area contributed by atoms with Crippen LogP contribution in [0.3, 0.4) is 0 Å². The van der Waals surface area contributed by atoms with Gasteiger partial charge in [-0.3, -0.25) is 29.8 Å². The summed E-state index contributed by atoms with van der Waals surface area (Å²) >= 11 is 0. The SMILES string of the molecule is CC(C)(C)[C@H](NC(=O)C(Cc1ccc(C(=N)N)cc1)c1cccnc1)C(=O)N[C@@H](CCCN=C(N)N)C(N)=O.O=C(O)C(F)(F)F. The number of nitrogen functional groups attached to an aromatic ring is 1. The quantitative estimate of drug-likeness (QED) is 0.0866. The van der Waals surface area contributed by atoms with Gasteiger partial charge in [-0.25, -0.2) is 4.79 Å². The van der Waals surface area contributed by atoms with Gasteiger partial charge in [-0.1, -0.05) is 51.1 Å². The zero-order valence-corrected chi connectivity index (χ0v) is 25.6. The largest absolute Gasteiger partial charge is 0.490 e. The van der Waals surface area contributed by atoms with Gasteiger partial charge in [0.25, 0.3) is 0 Å².